The summed E-state index contributed by atoms with van der Waals surface area (Å²) in [6.07, 6.45) is 0. The van der Waals surface area contributed by atoms with Crippen LogP contribution in [-0.4, -0.2) is 41.2 Å². The van der Waals surface area contributed by atoms with Gasteiger partial charge in [-0.15, -0.1) is 0 Å². The quantitative estimate of drug-likeness (QED) is 0.338. The van der Waals surface area contributed by atoms with Crippen molar-refractivity contribution in [3.63, 3.8) is 0 Å². The number of alkyl halides is 1. The third-order valence-electron chi connectivity index (χ3n) is 1.53. The van der Waals surface area contributed by atoms with Crippen LogP contribution in [0.4, 0.5) is 0 Å². The van der Waals surface area contributed by atoms with Crippen LogP contribution in [0.1, 0.15) is 0 Å². The Bertz CT molecular complexity index is 76.5. The van der Waals surface area contributed by atoms with Crippen LogP contribution in [0.2, 0.25) is 0 Å². The second-order valence-electron chi connectivity index (χ2n) is 2.27. The molecule has 0 radical (unpaired) electrons. The molecule has 0 unspecified atom stereocenters. The number of halogens is 1. The Balaban J connectivity index is 2.44. The minimum Gasteiger partial charge on any atom is -0.281 e. The summed E-state index contributed by atoms with van der Waals surface area (Å²) < 4.78 is 0.618. The highest BCUT2D eigenvalue weighted by Gasteiger charge is 2.22. The fourth-order valence-corrected chi connectivity index (χ4v) is 1.42. The lowest BCUT2D eigenvalue weighted by molar-refractivity contribution is 0.297. The van der Waals surface area contributed by atoms with E-state index in [0.717, 1.165) is 0 Å². The zero-order valence-electron chi connectivity index (χ0n) is 5.26. The molecule has 0 saturated carbocycles. The van der Waals surface area contributed by atoms with Crippen molar-refractivity contribution in [2.24, 2.45) is 0 Å². The molecular formula is C5H11IN2. The standard InChI is InChI=1S/C5H11IN2/c1-7-3-4-8(2)5(7)6/h5H,3-4H2,1-2H3. The van der Waals surface area contributed by atoms with E-state index in [1.807, 2.05) is 0 Å². The lowest BCUT2D eigenvalue weighted by Crippen LogP contribution is -2.27. The van der Waals surface area contributed by atoms with E-state index in [1.165, 1.54) is 13.1 Å². The van der Waals surface area contributed by atoms with Gasteiger partial charge in [-0.2, -0.15) is 0 Å². The molecule has 0 amide bonds. The number of likely N-dealkylation sites (N-methyl/N-ethyl adjacent to an activating group) is 2. The van der Waals surface area contributed by atoms with E-state index in [0.29, 0.717) is 4.17 Å². The zero-order chi connectivity index (χ0) is 6.15. The Morgan fingerprint density at radius 1 is 1.25 bits per heavy atom. The van der Waals surface area contributed by atoms with E-state index in [9.17, 15) is 0 Å². The molecule has 8 heavy (non-hydrogen) atoms. The van der Waals surface area contributed by atoms with Gasteiger partial charge in [0.2, 0.25) is 0 Å². The summed E-state index contributed by atoms with van der Waals surface area (Å²) in [4.78, 5) is 4.67. The average Bonchev–Trinajstić information content (AvgIpc) is 1.98. The molecule has 0 aromatic heterocycles. The fraction of sp³-hybridized carbons (Fsp3) is 1.00. The van der Waals surface area contributed by atoms with Crippen molar-refractivity contribution in [3.8, 4) is 0 Å². The van der Waals surface area contributed by atoms with Gasteiger partial charge in [0.25, 0.3) is 0 Å². The predicted molar refractivity (Wildman–Crippen MR) is 43.1 cm³/mol. The molecule has 0 aromatic carbocycles. The second-order valence-corrected chi connectivity index (χ2v) is 3.39. The Morgan fingerprint density at radius 3 is 1.75 bits per heavy atom. The third-order valence-corrected chi connectivity index (χ3v) is 3.43. The summed E-state index contributed by atoms with van der Waals surface area (Å²) in [5, 5.41) is 0. The Kier molecular flexibility index (Phi) is 2.11. The van der Waals surface area contributed by atoms with Crippen molar-refractivity contribution >= 4 is 22.6 Å². The molecular weight excluding hydrogens is 215 g/mol. The van der Waals surface area contributed by atoms with E-state index < -0.39 is 0 Å². The molecule has 1 aliphatic rings. The molecule has 1 fully saturated rings. The third kappa shape index (κ3) is 1.14. The Labute approximate surface area is 64.0 Å². The van der Waals surface area contributed by atoms with Crippen LogP contribution in [0, 0.1) is 0 Å². The van der Waals surface area contributed by atoms with Crippen molar-refractivity contribution in [2.45, 2.75) is 4.17 Å². The molecule has 1 aliphatic heterocycles. The summed E-state index contributed by atoms with van der Waals surface area (Å²) in [5.41, 5.74) is 0. The first-order chi connectivity index (χ1) is 3.72. The summed E-state index contributed by atoms with van der Waals surface area (Å²) in [6, 6.07) is 0. The molecule has 0 atom stereocenters. The zero-order valence-corrected chi connectivity index (χ0v) is 7.42. The number of hydrogen-bond acceptors (Lipinski definition) is 2. The lowest BCUT2D eigenvalue weighted by atomic mass is 10.6. The van der Waals surface area contributed by atoms with Gasteiger partial charge in [0.1, 0.15) is 4.17 Å². The first-order valence-corrected chi connectivity index (χ1v) is 4.01. The van der Waals surface area contributed by atoms with E-state index in [1.54, 1.807) is 0 Å². The SMILES string of the molecule is CN1CCN(C)C1I. The highest BCUT2D eigenvalue weighted by Crippen LogP contribution is 2.15. The molecule has 0 N–H and O–H groups in total. The van der Waals surface area contributed by atoms with Gasteiger partial charge in [-0.1, -0.05) is 0 Å². The largest absolute Gasteiger partial charge is 0.281 e. The minimum absolute atomic E-state index is 0.618. The van der Waals surface area contributed by atoms with Gasteiger partial charge in [-0.05, 0) is 36.7 Å². The van der Waals surface area contributed by atoms with Crippen molar-refractivity contribution in [1.29, 1.82) is 0 Å². The lowest BCUT2D eigenvalue weighted by Gasteiger charge is -2.16. The fourth-order valence-electron chi connectivity index (χ4n) is 0.865. The van der Waals surface area contributed by atoms with Gasteiger partial charge in [-0.25, -0.2) is 0 Å². The van der Waals surface area contributed by atoms with Crippen LogP contribution in [0.15, 0.2) is 0 Å². The van der Waals surface area contributed by atoms with E-state index in [4.69, 9.17) is 0 Å². The molecule has 3 heteroatoms. The number of rotatable bonds is 0. The molecule has 1 saturated heterocycles. The normalized spacial score (nSPS) is 27.4. The maximum Gasteiger partial charge on any atom is 0.115 e. The van der Waals surface area contributed by atoms with Crippen LogP contribution < -0.4 is 0 Å². The van der Waals surface area contributed by atoms with Gasteiger partial charge in [-0.3, -0.25) is 9.80 Å². The molecule has 1 heterocycles. The second kappa shape index (κ2) is 2.49. The first-order valence-electron chi connectivity index (χ1n) is 2.76. The van der Waals surface area contributed by atoms with Crippen molar-refractivity contribution < 1.29 is 0 Å². The van der Waals surface area contributed by atoms with Gasteiger partial charge < -0.3 is 0 Å². The smallest absolute Gasteiger partial charge is 0.115 e. The van der Waals surface area contributed by atoms with E-state index in [2.05, 4.69) is 46.5 Å². The molecule has 0 aromatic rings. The summed E-state index contributed by atoms with van der Waals surface area (Å²) in [6.45, 7) is 2.42. The number of hydrogen-bond donors (Lipinski definition) is 0. The molecule has 2 nitrogen and oxygen atoms in total. The monoisotopic (exact) mass is 226 g/mol. The van der Waals surface area contributed by atoms with Gasteiger partial charge in [0.05, 0.1) is 0 Å². The maximum absolute atomic E-state index is 2.44. The topological polar surface area (TPSA) is 6.48 Å². The van der Waals surface area contributed by atoms with E-state index in [-0.39, 0.29) is 0 Å². The molecule has 48 valence electrons. The van der Waals surface area contributed by atoms with Crippen LogP contribution in [-0.2, 0) is 0 Å². The molecule has 0 aliphatic carbocycles. The van der Waals surface area contributed by atoms with Crippen molar-refractivity contribution in [1.82, 2.24) is 9.80 Å². The summed E-state index contributed by atoms with van der Waals surface area (Å²) in [7, 11) is 4.31. The average molecular weight is 226 g/mol. The van der Waals surface area contributed by atoms with Gasteiger partial charge in [0.15, 0.2) is 0 Å². The number of nitrogens with zero attached hydrogens (tertiary/aromatic N) is 2. The highest BCUT2D eigenvalue weighted by molar-refractivity contribution is 14.1. The van der Waals surface area contributed by atoms with Crippen LogP contribution in [0.3, 0.4) is 0 Å². The molecule has 1 rings (SSSR count). The Hall–Kier alpha value is 0.650. The minimum atomic E-state index is 0.618. The maximum atomic E-state index is 2.44. The van der Waals surface area contributed by atoms with Crippen molar-refractivity contribution in [3.05, 3.63) is 0 Å². The Morgan fingerprint density at radius 2 is 1.62 bits per heavy atom. The van der Waals surface area contributed by atoms with Crippen molar-refractivity contribution in [2.75, 3.05) is 27.2 Å². The molecule has 0 spiro atoms. The summed E-state index contributed by atoms with van der Waals surface area (Å²) >= 11 is 2.44. The van der Waals surface area contributed by atoms with Crippen LogP contribution >= 0.6 is 22.6 Å². The van der Waals surface area contributed by atoms with Crippen LogP contribution in [0.5, 0.6) is 0 Å². The van der Waals surface area contributed by atoms with E-state index >= 15 is 0 Å². The van der Waals surface area contributed by atoms with Crippen LogP contribution in [0.25, 0.3) is 0 Å². The van der Waals surface area contributed by atoms with Gasteiger partial charge >= 0.3 is 0 Å². The highest BCUT2D eigenvalue weighted by atomic mass is 127. The van der Waals surface area contributed by atoms with Gasteiger partial charge in [0, 0.05) is 13.1 Å². The summed E-state index contributed by atoms with van der Waals surface area (Å²) in [5.74, 6) is 0. The molecule has 0 bridgehead atoms. The predicted octanol–water partition coefficient (Wildman–Crippen LogP) is 0.582. The first kappa shape index (κ1) is 6.77.